The van der Waals surface area contributed by atoms with Gasteiger partial charge in [-0.15, -0.1) is 29.3 Å². The molecule has 0 N–H and O–H groups in total. The van der Waals surface area contributed by atoms with Gasteiger partial charge in [-0.1, -0.05) is 105 Å². The van der Waals surface area contributed by atoms with Crippen LogP contribution < -0.4 is 30.6 Å². The molecule has 0 unspecified atom stereocenters. The van der Waals surface area contributed by atoms with E-state index >= 15 is 0 Å². The minimum atomic E-state index is -0.0916. The van der Waals surface area contributed by atoms with Gasteiger partial charge in [-0.2, -0.15) is 24.3 Å². The number of hydrogen-bond donors (Lipinski definition) is 0. The van der Waals surface area contributed by atoms with E-state index in [0.717, 1.165) is 94.3 Å². The molecule has 0 bridgehead atoms. The van der Waals surface area contributed by atoms with E-state index < -0.39 is 0 Å². The average Bonchev–Trinajstić information content (AvgIpc) is 4.00. The van der Waals surface area contributed by atoms with Crippen LogP contribution in [0.25, 0.3) is 66.4 Å². The number of aromatic nitrogens is 4. The van der Waals surface area contributed by atoms with Gasteiger partial charge in [0.15, 0.2) is 0 Å². The molecule has 0 saturated carbocycles. The van der Waals surface area contributed by atoms with E-state index in [0.29, 0.717) is 23.2 Å². The molecule has 4 aromatic heterocycles. The Balaban J connectivity index is 0.00000433. The van der Waals surface area contributed by atoms with Crippen LogP contribution in [0.5, 0.6) is 34.7 Å². The third-order valence-electron chi connectivity index (χ3n) is 12.4. The number of fused-ring (bicyclic) bond motifs is 10. The Kier molecular flexibility index (Phi) is 8.59. The summed E-state index contributed by atoms with van der Waals surface area (Å²) >= 11 is 0. The fourth-order valence-corrected chi connectivity index (χ4v) is 9.35. The van der Waals surface area contributed by atoms with Crippen molar-refractivity contribution in [1.82, 2.24) is 19.1 Å². The van der Waals surface area contributed by atoms with Crippen molar-refractivity contribution in [3.63, 3.8) is 0 Å². The molecule has 0 fully saturated rings. The molecule has 0 spiro atoms. The first-order valence-electron chi connectivity index (χ1n) is 21.0. The smallest absolute Gasteiger partial charge is 0.285 e. The molecule has 0 saturated heterocycles. The van der Waals surface area contributed by atoms with Crippen molar-refractivity contribution in [3.05, 3.63) is 176 Å². The van der Waals surface area contributed by atoms with Crippen molar-refractivity contribution in [3.8, 4) is 57.3 Å². The fourth-order valence-electron chi connectivity index (χ4n) is 9.35. The van der Waals surface area contributed by atoms with E-state index in [2.05, 4.69) is 135 Å². The topological polar surface area (TPSA) is 76.5 Å². The van der Waals surface area contributed by atoms with E-state index in [-0.39, 0.29) is 33.2 Å². The molecule has 310 valence electrons. The standard InChI is InChI=1S/C54H34BN4O4.Pt/c1-54(2,3)34-23-24-56-50(28-34)59-43-16-7-4-13-38(43)39-21-20-37(30-45(39)59)60-36-12-10-11-35(29-36)58-31-57-42-25-32(19-22-44(42)58)33-26-48-52-49(27-33)63-53-51(40-14-5-8-17-46(40)62-53)55(52)41-15-6-9-18-47(41)61-48;/h4-28H,1-3H3;/q-3;. The van der Waals surface area contributed by atoms with Gasteiger partial charge in [-0.25, -0.2) is 4.98 Å². The van der Waals surface area contributed by atoms with E-state index in [1.165, 1.54) is 5.56 Å². The van der Waals surface area contributed by atoms with Crippen molar-refractivity contribution in [2.45, 2.75) is 26.2 Å². The third kappa shape index (κ3) is 5.95. The van der Waals surface area contributed by atoms with E-state index in [1.54, 1.807) is 0 Å². The maximum Gasteiger partial charge on any atom is 0.285 e. The Morgan fingerprint density at radius 3 is 2.33 bits per heavy atom. The van der Waals surface area contributed by atoms with Crippen LogP contribution in [-0.2, 0) is 26.5 Å². The molecule has 64 heavy (non-hydrogen) atoms. The van der Waals surface area contributed by atoms with Crippen LogP contribution in [0.2, 0.25) is 0 Å². The Labute approximate surface area is 383 Å². The molecule has 0 amide bonds. The van der Waals surface area contributed by atoms with Crippen LogP contribution in [-0.4, -0.2) is 25.8 Å². The first-order valence-corrected chi connectivity index (χ1v) is 21.0. The number of imidazole rings is 1. The number of pyridine rings is 1. The number of rotatable bonds is 5. The minimum Gasteiger partial charge on any atom is -0.510 e. The summed E-state index contributed by atoms with van der Waals surface area (Å²) in [5.41, 5.74) is 11.3. The Morgan fingerprint density at radius 2 is 1.44 bits per heavy atom. The summed E-state index contributed by atoms with van der Waals surface area (Å²) in [6.45, 7) is 6.55. The third-order valence-corrected chi connectivity index (χ3v) is 12.4. The van der Waals surface area contributed by atoms with E-state index in [1.807, 2.05) is 65.4 Å². The number of hydrogen-bond acceptors (Lipinski definition) is 6. The molecule has 0 atom stereocenters. The summed E-state index contributed by atoms with van der Waals surface area (Å²) in [5, 5.41) is 3.24. The van der Waals surface area contributed by atoms with Gasteiger partial charge in [0.25, 0.3) is 12.7 Å². The van der Waals surface area contributed by atoms with Crippen molar-refractivity contribution in [2.24, 2.45) is 0 Å². The summed E-state index contributed by atoms with van der Waals surface area (Å²) in [5.74, 6) is 4.76. The molecule has 0 aliphatic carbocycles. The van der Waals surface area contributed by atoms with Gasteiger partial charge < -0.3 is 32.7 Å². The molecule has 6 heterocycles. The van der Waals surface area contributed by atoms with Gasteiger partial charge in [0.2, 0.25) is 0 Å². The summed E-state index contributed by atoms with van der Waals surface area (Å²) in [6.07, 6.45) is 5.08. The monoisotopic (exact) mass is 1010 g/mol. The molecule has 0 radical (unpaired) electrons. The van der Waals surface area contributed by atoms with E-state index in [4.69, 9.17) is 28.6 Å². The molecular formula is C54H34BN4O4Pt-3. The maximum absolute atomic E-state index is 6.61. The Hall–Kier alpha value is -7.35. The van der Waals surface area contributed by atoms with Crippen LogP contribution >= 0.6 is 0 Å². The van der Waals surface area contributed by atoms with E-state index in [9.17, 15) is 0 Å². The Morgan fingerprint density at radius 1 is 0.641 bits per heavy atom. The summed E-state index contributed by atoms with van der Waals surface area (Å²) in [4.78, 5) is 9.55. The summed E-state index contributed by atoms with van der Waals surface area (Å²) in [7, 11) is 0. The first-order chi connectivity index (χ1) is 30.8. The average molecular weight is 1010 g/mol. The number of benzene rings is 7. The zero-order valence-electron chi connectivity index (χ0n) is 34.7. The SMILES string of the molecule is CC(C)(C)c1ccnc(-n2c3[c-]c(Oc4[c-]c(-n5[c-]nc6cc(-c7cc8c9c(c7)Oc7oc%10ccccc%10c7B9c7ccccc7O8)ccc65)ccc4)ccc3c3ccccc32)c1.[Pt]. The molecule has 10 heteroatoms. The second kappa shape index (κ2) is 14.3. The zero-order chi connectivity index (χ0) is 42.0. The second-order valence-electron chi connectivity index (χ2n) is 17.2. The largest absolute Gasteiger partial charge is 0.510 e. The molecule has 13 rings (SSSR count). The van der Waals surface area contributed by atoms with Gasteiger partial charge in [0, 0.05) is 66.9 Å². The van der Waals surface area contributed by atoms with Crippen LogP contribution in [0.1, 0.15) is 26.3 Å². The van der Waals surface area contributed by atoms with Gasteiger partial charge in [0.05, 0.1) is 0 Å². The van der Waals surface area contributed by atoms with Crippen molar-refractivity contribution >= 4 is 66.9 Å². The summed E-state index contributed by atoms with van der Waals surface area (Å²) in [6, 6.07) is 56.2. The summed E-state index contributed by atoms with van der Waals surface area (Å²) < 4.78 is 30.1. The number of furan rings is 1. The fraction of sp³-hybridized carbons (Fsp3) is 0.0741. The second-order valence-corrected chi connectivity index (χ2v) is 17.2. The predicted octanol–water partition coefficient (Wildman–Crippen LogP) is 11.1. The van der Waals surface area contributed by atoms with Crippen LogP contribution in [0.4, 0.5) is 0 Å². The molecule has 7 aromatic carbocycles. The molecular weight excluding hydrogens is 975 g/mol. The zero-order valence-corrected chi connectivity index (χ0v) is 37.0. The van der Waals surface area contributed by atoms with Crippen molar-refractivity contribution < 1.29 is 39.7 Å². The molecule has 2 aliphatic heterocycles. The number of ether oxygens (including phenoxy) is 3. The van der Waals surface area contributed by atoms with Crippen LogP contribution in [0, 0.1) is 18.5 Å². The number of para-hydroxylation sites is 3. The molecule has 2 aliphatic rings. The van der Waals surface area contributed by atoms with Crippen LogP contribution in [0.15, 0.2) is 156 Å². The van der Waals surface area contributed by atoms with Crippen molar-refractivity contribution in [2.75, 3.05) is 0 Å². The van der Waals surface area contributed by atoms with Crippen molar-refractivity contribution in [1.29, 1.82) is 0 Å². The molecule has 11 aromatic rings. The number of nitrogens with zero attached hydrogens (tertiary/aromatic N) is 4. The quantitative estimate of drug-likeness (QED) is 0.126. The van der Waals surface area contributed by atoms with Gasteiger partial charge in [0.1, 0.15) is 28.6 Å². The molecule has 8 nitrogen and oxygen atoms in total. The normalized spacial score (nSPS) is 12.7. The van der Waals surface area contributed by atoms with Gasteiger partial charge >= 0.3 is 0 Å². The minimum absolute atomic E-state index is 0. The van der Waals surface area contributed by atoms with Gasteiger partial charge in [-0.05, 0) is 80.9 Å². The Bertz CT molecular complexity index is 3690. The maximum atomic E-state index is 6.61. The predicted molar refractivity (Wildman–Crippen MR) is 248 cm³/mol. The van der Waals surface area contributed by atoms with Gasteiger partial charge in [-0.3, -0.25) is 0 Å². The first kappa shape index (κ1) is 38.3. The van der Waals surface area contributed by atoms with Crippen LogP contribution in [0.3, 0.4) is 0 Å².